The maximum absolute atomic E-state index is 11.4. The molecule has 0 bridgehead atoms. The number of para-hydroxylation sites is 1. The van der Waals surface area contributed by atoms with E-state index in [2.05, 4.69) is 0 Å². The fourth-order valence-corrected chi connectivity index (χ4v) is 1.51. The maximum atomic E-state index is 11.4. The maximum Gasteiger partial charge on any atom is 0.222 e. The Hall–Kier alpha value is -1.84. The van der Waals surface area contributed by atoms with Crippen LogP contribution < -0.4 is 4.74 Å². The molecule has 1 aromatic rings. The smallest absolute Gasteiger partial charge is 0.222 e. The van der Waals surface area contributed by atoms with Gasteiger partial charge in [-0.2, -0.15) is 0 Å². The first-order chi connectivity index (χ1) is 8.52. The van der Waals surface area contributed by atoms with Gasteiger partial charge in [0, 0.05) is 20.5 Å². The topological polar surface area (TPSA) is 46.6 Å². The Kier molecular flexibility index (Phi) is 5.36. The minimum absolute atomic E-state index is 0.0185. The number of ketones is 1. The van der Waals surface area contributed by atoms with Crippen LogP contribution in [0.3, 0.4) is 0 Å². The Morgan fingerprint density at radius 1 is 1.22 bits per heavy atom. The number of carbonyl (C=O) groups is 2. The minimum atomic E-state index is -0.0185. The molecule has 0 aliphatic carbocycles. The Bertz CT molecular complexity index is 427. The van der Waals surface area contributed by atoms with Crippen LogP contribution in [0.25, 0.3) is 0 Å². The van der Waals surface area contributed by atoms with Crippen molar-refractivity contribution in [3.63, 3.8) is 0 Å². The van der Waals surface area contributed by atoms with Crippen molar-refractivity contribution >= 4 is 11.7 Å². The first-order valence-electron chi connectivity index (χ1n) is 5.95. The molecule has 0 aliphatic heterocycles. The Morgan fingerprint density at radius 3 is 2.50 bits per heavy atom. The molecule has 0 atom stereocenters. The van der Waals surface area contributed by atoms with Gasteiger partial charge in [-0.15, -0.1) is 0 Å². The molecule has 0 aliphatic rings. The van der Waals surface area contributed by atoms with E-state index in [9.17, 15) is 9.59 Å². The highest BCUT2D eigenvalue weighted by Crippen LogP contribution is 2.18. The molecular formula is C14H19NO3. The molecule has 0 radical (unpaired) electrons. The number of carbonyl (C=O) groups excluding carboxylic acids is 2. The molecule has 0 aromatic heterocycles. The van der Waals surface area contributed by atoms with Crippen molar-refractivity contribution in [2.75, 3.05) is 20.7 Å². The van der Waals surface area contributed by atoms with Crippen molar-refractivity contribution in [2.45, 2.75) is 19.8 Å². The standard InChI is InChI=1S/C14H19NO3/c1-11(16)12-7-4-5-8-13(12)18-10-6-9-14(17)15(2)3/h4-5,7-8H,6,9-10H2,1-3H3. The Balaban J connectivity index is 2.45. The molecule has 1 amide bonds. The number of ether oxygens (including phenoxy) is 1. The van der Waals surface area contributed by atoms with E-state index < -0.39 is 0 Å². The van der Waals surface area contributed by atoms with Crippen LogP contribution in [0, 0.1) is 0 Å². The monoisotopic (exact) mass is 249 g/mol. The van der Waals surface area contributed by atoms with E-state index >= 15 is 0 Å². The van der Waals surface area contributed by atoms with E-state index in [-0.39, 0.29) is 11.7 Å². The molecule has 1 aromatic carbocycles. The van der Waals surface area contributed by atoms with Crippen molar-refractivity contribution in [3.8, 4) is 5.75 Å². The SMILES string of the molecule is CC(=O)c1ccccc1OCCCC(=O)N(C)C. The Morgan fingerprint density at radius 2 is 1.89 bits per heavy atom. The van der Waals surface area contributed by atoms with Gasteiger partial charge in [0.2, 0.25) is 5.91 Å². The number of benzene rings is 1. The van der Waals surface area contributed by atoms with Crippen LogP contribution in [-0.4, -0.2) is 37.3 Å². The lowest BCUT2D eigenvalue weighted by Crippen LogP contribution is -2.21. The summed E-state index contributed by atoms with van der Waals surface area (Å²) in [5.41, 5.74) is 0.580. The summed E-state index contributed by atoms with van der Waals surface area (Å²) < 4.78 is 5.54. The number of nitrogens with zero attached hydrogens (tertiary/aromatic N) is 1. The van der Waals surface area contributed by atoms with Crippen molar-refractivity contribution in [2.24, 2.45) is 0 Å². The molecule has 0 saturated carbocycles. The third-order valence-electron chi connectivity index (χ3n) is 2.56. The highest BCUT2D eigenvalue weighted by atomic mass is 16.5. The van der Waals surface area contributed by atoms with E-state index in [0.29, 0.717) is 30.8 Å². The molecule has 4 heteroatoms. The molecule has 0 spiro atoms. The van der Waals surface area contributed by atoms with Crippen molar-refractivity contribution < 1.29 is 14.3 Å². The van der Waals surface area contributed by atoms with Crippen LogP contribution in [-0.2, 0) is 4.79 Å². The third-order valence-corrected chi connectivity index (χ3v) is 2.56. The fourth-order valence-electron chi connectivity index (χ4n) is 1.51. The zero-order valence-electron chi connectivity index (χ0n) is 11.1. The van der Waals surface area contributed by atoms with E-state index in [1.54, 1.807) is 37.2 Å². The van der Waals surface area contributed by atoms with Crippen LogP contribution in [0.1, 0.15) is 30.1 Å². The zero-order valence-corrected chi connectivity index (χ0v) is 11.1. The number of hydrogen-bond donors (Lipinski definition) is 0. The van der Waals surface area contributed by atoms with E-state index in [1.807, 2.05) is 6.07 Å². The number of hydrogen-bond acceptors (Lipinski definition) is 3. The number of amides is 1. The molecule has 18 heavy (non-hydrogen) atoms. The van der Waals surface area contributed by atoms with Gasteiger partial charge in [0.1, 0.15) is 5.75 Å². The summed E-state index contributed by atoms with van der Waals surface area (Å²) in [6.07, 6.45) is 1.10. The summed E-state index contributed by atoms with van der Waals surface area (Å²) in [5.74, 6) is 0.649. The molecule has 0 fully saturated rings. The third kappa shape index (κ3) is 4.20. The summed E-state index contributed by atoms with van der Waals surface area (Å²) in [6, 6.07) is 7.14. The molecule has 0 saturated heterocycles. The van der Waals surface area contributed by atoms with Gasteiger partial charge < -0.3 is 9.64 Å². The summed E-state index contributed by atoms with van der Waals surface area (Å²) in [5, 5.41) is 0. The van der Waals surface area contributed by atoms with E-state index in [1.165, 1.54) is 6.92 Å². The lowest BCUT2D eigenvalue weighted by molar-refractivity contribution is -0.128. The highest BCUT2D eigenvalue weighted by Gasteiger charge is 2.08. The largest absolute Gasteiger partial charge is 0.493 e. The summed E-state index contributed by atoms with van der Waals surface area (Å²) in [7, 11) is 3.46. The second-order valence-corrected chi connectivity index (χ2v) is 4.29. The van der Waals surface area contributed by atoms with Gasteiger partial charge in [-0.3, -0.25) is 9.59 Å². The molecule has 4 nitrogen and oxygen atoms in total. The van der Waals surface area contributed by atoms with Gasteiger partial charge in [-0.1, -0.05) is 12.1 Å². The molecule has 98 valence electrons. The first-order valence-corrected chi connectivity index (χ1v) is 5.95. The second kappa shape index (κ2) is 6.79. The van der Waals surface area contributed by atoms with Gasteiger partial charge in [-0.25, -0.2) is 0 Å². The van der Waals surface area contributed by atoms with Crippen LogP contribution in [0.4, 0.5) is 0 Å². The van der Waals surface area contributed by atoms with Gasteiger partial charge in [0.05, 0.1) is 12.2 Å². The number of Topliss-reactive ketones (excluding diaryl/α,β-unsaturated/α-hetero) is 1. The van der Waals surface area contributed by atoms with Crippen molar-refractivity contribution in [3.05, 3.63) is 29.8 Å². The minimum Gasteiger partial charge on any atom is -0.493 e. The van der Waals surface area contributed by atoms with E-state index in [4.69, 9.17) is 4.74 Å². The molecule has 1 rings (SSSR count). The summed E-state index contributed by atoms with van der Waals surface area (Å²) in [4.78, 5) is 24.3. The second-order valence-electron chi connectivity index (χ2n) is 4.29. The zero-order chi connectivity index (χ0) is 13.5. The van der Waals surface area contributed by atoms with Crippen LogP contribution in [0.15, 0.2) is 24.3 Å². The first kappa shape index (κ1) is 14.2. The quantitative estimate of drug-likeness (QED) is 0.573. The lowest BCUT2D eigenvalue weighted by atomic mass is 10.1. The van der Waals surface area contributed by atoms with Crippen LogP contribution in [0.5, 0.6) is 5.75 Å². The molecule has 0 N–H and O–H groups in total. The normalized spacial score (nSPS) is 9.94. The fraction of sp³-hybridized carbons (Fsp3) is 0.429. The van der Waals surface area contributed by atoms with E-state index in [0.717, 1.165) is 0 Å². The van der Waals surface area contributed by atoms with Crippen molar-refractivity contribution in [1.29, 1.82) is 0 Å². The number of rotatable bonds is 6. The van der Waals surface area contributed by atoms with Gasteiger partial charge >= 0.3 is 0 Å². The lowest BCUT2D eigenvalue weighted by Gasteiger charge is -2.11. The van der Waals surface area contributed by atoms with Crippen LogP contribution >= 0.6 is 0 Å². The molecular weight excluding hydrogens is 230 g/mol. The molecule has 0 unspecified atom stereocenters. The average molecular weight is 249 g/mol. The van der Waals surface area contributed by atoms with Gasteiger partial charge in [-0.05, 0) is 25.5 Å². The van der Waals surface area contributed by atoms with Crippen molar-refractivity contribution in [1.82, 2.24) is 4.90 Å². The van der Waals surface area contributed by atoms with Gasteiger partial charge in [0.25, 0.3) is 0 Å². The summed E-state index contributed by atoms with van der Waals surface area (Å²) >= 11 is 0. The molecule has 0 heterocycles. The predicted octanol–water partition coefficient (Wildman–Crippen LogP) is 2.14. The van der Waals surface area contributed by atoms with Gasteiger partial charge in [0.15, 0.2) is 5.78 Å². The van der Waals surface area contributed by atoms with Crippen LogP contribution in [0.2, 0.25) is 0 Å². The Labute approximate surface area is 108 Å². The predicted molar refractivity (Wildman–Crippen MR) is 69.9 cm³/mol. The summed E-state index contributed by atoms with van der Waals surface area (Å²) in [6.45, 7) is 1.95. The average Bonchev–Trinajstić information content (AvgIpc) is 2.34. The highest BCUT2D eigenvalue weighted by molar-refractivity contribution is 5.96.